The predicted molar refractivity (Wildman–Crippen MR) is 82.3 cm³/mol. The minimum Gasteiger partial charge on any atom is -0.444 e. The highest BCUT2D eigenvalue weighted by Gasteiger charge is 2.15. The van der Waals surface area contributed by atoms with Crippen molar-refractivity contribution in [3.8, 4) is 0 Å². The quantitative estimate of drug-likeness (QED) is 0.475. The van der Waals surface area contributed by atoms with Gasteiger partial charge in [-0.2, -0.15) is 0 Å². The number of rotatable bonds is 6. The normalized spacial score (nSPS) is 11.3. The van der Waals surface area contributed by atoms with E-state index in [0.717, 1.165) is 17.7 Å². The molecule has 0 aliphatic heterocycles. The number of carbonyl (C=O) groups excluding carboxylic acids is 1. The Hall–Kier alpha value is -1.34. The first-order valence-electron chi connectivity index (χ1n) is 6.82. The van der Waals surface area contributed by atoms with Crippen molar-refractivity contribution in [2.45, 2.75) is 51.0 Å². The van der Waals surface area contributed by atoms with Crippen molar-refractivity contribution in [2.75, 3.05) is 12.8 Å². The van der Waals surface area contributed by atoms with Gasteiger partial charge in [0, 0.05) is 18.3 Å². The number of aliphatic hydroxyl groups is 1. The summed E-state index contributed by atoms with van der Waals surface area (Å²) in [6.45, 7) is 5.89. The zero-order valence-electron chi connectivity index (χ0n) is 13.0. The molecule has 1 amide bonds. The van der Waals surface area contributed by atoms with Crippen LogP contribution in [0.4, 0.5) is 4.79 Å². The van der Waals surface area contributed by atoms with Crippen LogP contribution in [0.25, 0.3) is 0 Å². The fourth-order valence-electron chi connectivity index (χ4n) is 1.63. The van der Waals surface area contributed by atoms with Crippen LogP contribution < -0.4 is 5.32 Å². The van der Waals surface area contributed by atoms with E-state index in [1.807, 2.05) is 27.0 Å². The first kappa shape index (κ1) is 17.7. The molecule has 21 heavy (non-hydrogen) atoms. The third-order valence-corrected chi connectivity index (χ3v) is 3.11. The fraction of sp³-hybridized carbons (Fsp3) is 0.643. The molecule has 0 bridgehead atoms. The highest BCUT2D eigenvalue weighted by molar-refractivity contribution is 7.98. The SMILES string of the molecule is CSc1ncc(CO)c(CCCNC(=O)OC(C)(C)C)n1. The molecular formula is C14H23N3O3S. The summed E-state index contributed by atoms with van der Waals surface area (Å²) in [5, 5.41) is 12.7. The molecule has 1 aromatic rings. The predicted octanol–water partition coefficient (Wildman–Crippen LogP) is 2.15. The van der Waals surface area contributed by atoms with E-state index in [-0.39, 0.29) is 6.61 Å². The number of aryl methyl sites for hydroxylation is 1. The topological polar surface area (TPSA) is 84.3 Å². The number of hydrogen-bond acceptors (Lipinski definition) is 6. The number of nitrogens with zero attached hydrogens (tertiary/aromatic N) is 2. The van der Waals surface area contributed by atoms with E-state index in [1.165, 1.54) is 11.8 Å². The van der Waals surface area contributed by atoms with Crippen molar-refractivity contribution in [1.29, 1.82) is 0 Å². The number of thioether (sulfide) groups is 1. The number of carbonyl (C=O) groups is 1. The van der Waals surface area contributed by atoms with E-state index in [1.54, 1.807) is 6.20 Å². The minimum atomic E-state index is -0.492. The van der Waals surface area contributed by atoms with Crippen molar-refractivity contribution >= 4 is 17.9 Å². The largest absolute Gasteiger partial charge is 0.444 e. The van der Waals surface area contributed by atoms with Crippen LogP contribution >= 0.6 is 11.8 Å². The highest BCUT2D eigenvalue weighted by atomic mass is 32.2. The molecule has 0 unspecified atom stereocenters. The lowest BCUT2D eigenvalue weighted by atomic mass is 10.1. The second kappa shape index (κ2) is 8.19. The molecule has 0 saturated carbocycles. The lowest BCUT2D eigenvalue weighted by Crippen LogP contribution is -2.33. The molecule has 6 nitrogen and oxygen atoms in total. The standard InChI is InChI=1S/C14H23N3O3S/c1-14(2,3)20-13(19)15-7-5-6-11-10(9-18)8-16-12(17-11)21-4/h8,18H,5-7,9H2,1-4H3,(H,15,19). The molecule has 1 heterocycles. The van der Waals surface area contributed by atoms with E-state index < -0.39 is 11.7 Å². The summed E-state index contributed by atoms with van der Waals surface area (Å²) in [7, 11) is 0. The maximum absolute atomic E-state index is 11.5. The monoisotopic (exact) mass is 313 g/mol. The molecule has 118 valence electrons. The molecule has 7 heteroatoms. The van der Waals surface area contributed by atoms with E-state index >= 15 is 0 Å². The van der Waals surface area contributed by atoms with Gasteiger partial charge in [0.1, 0.15) is 5.60 Å². The van der Waals surface area contributed by atoms with Crippen LogP contribution in [0.5, 0.6) is 0 Å². The van der Waals surface area contributed by atoms with Gasteiger partial charge in [0.05, 0.1) is 12.3 Å². The third kappa shape index (κ3) is 6.77. The van der Waals surface area contributed by atoms with Gasteiger partial charge in [0.15, 0.2) is 5.16 Å². The van der Waals surface area contributed by atoms with Crippen LogP contribution in [0.1, 0.15) is 38.4 Å². The molecule has 0 atom stereocenters. The zero-order chi connectivity index (χ0) is 15.9. The maximum atomic E-state index is 11.5. The number of alkyl carbamates (subject to hydrolysis) is 1. The molecule has 0 spiro atoms. The van der Waals surface area contributed by atoms with Crippen molar-refractivity contribution < 1.29 is 14.6 Å². The Bertz CT molecular complexity index is 475. The van der Waals surface area contributed by atoms with Gasteiger partial charge in [0.25, 0.3) is 0 Å². The van der Waals surface area contributed by atoms with Gasteiger partial charge in [-0.3, -0.25) is 0 Å². The lowest BCUT2D eigenvalue weighted by molar-refractivity contribution is 0.0527. The van der Waals surface area contributed by atoms with Gasteiger partial charge in [-0.05, 0) is 39.9 Å². The second-order valence-electron chi connectivity index (χ2n) is 5.52. The molecular weight excluding hydrogens is 290 g/mol. The fourth-order valence-corrected chi connectivity index (χ4v) is 1.99. The zero-order valence-corrected chi connectivity index (χ0v) is 13.8. The van der Waals surface area contributed by atoms with Gasteiger partial charge < -0.3 is 15.2 Å². The Morgan fingerprint density at radius 1 is 1.48 bits per heavy atom. The summed E-state index contributed by atoms with van der Waals surface area (Å²) in [4.78, 5) is 20.0. The molecule has 1 aromatic heterocycles. The maximum Gasteiger partial charge on any atom is 0.407 e. The highest BCUT2D eigenvalue weighted by Crippen LogP contribution is 2.13. The molecule has 0 fully saturated rings. The number of nitrogens with one attached hydrogen (secondary N) is 1. The van der Waals surface area contributed by atoms with E-state index in [0.29, 0.717) is 18.1 Å². The molecule has 0 aromatic carbocycles. The number of amides is 1. The molecule has 1 rings (SSSR count). The first-order chi connectivity index (χ1) is 9.85. The van der Waals surface area contributed by atoms with Crippen LogP contribution in [-0.4, -0.2) is 39.6 Å². The Kier molecular flexibility index (Phi) is 6.91. The average molecular weight is 313 g/mol. The molecule has 0 aliphatic carbocycles. The third-order valence-electron chi connectivity index (χ3n) is 2.54. The van der Waals surface area contributed by atoms with Crippen LogP contribution in [0.15, 0.2) is 11.4 Å². The van der Waals surface area contributed by atoms with Crippen molar-refractivity contribution in [2.24, 2.45) is 0 Å². The number of aliphatic hydroxyl groups excluding tert-OH is 1. The number of aromatic nitrogens is 2. The van der Waals surface area contributed by atoms with Crippen molar-refractivity contribution in [3.63, 3.8) is 0 Å². The van der Waals surface area contributed by atoms with Gasteiger partial charge in [-0.15, -0.1) is 0 Å². The van der Waals surface area contributed by atoms with Crippen molar-refractivity contribution in [1.82, 2.24) is 15.3 Å². The number of hydrogen-bond donors (Lipinski definition) is 2. The smallest absolute Gasteiger partial charge is 0.407 e. The van der Waals surface area contributed by atoms with Crippen LogP contribution in [0.2, 0.25) is 0 Å². The average Bonchev–Trinajstić information content (AvgIpc) is 2.41. The van der Waals surface area contributed by atoms with E-state index in [4.69, 9.17) is 4.74 Å². The van der Waals surface area contributed by atoms with Gasteiger partial charge in [0.2, 0.25) is 0 Å². The minimum absolute atomic E-state index is 0.0799. The second-order valence-corrected chi connectivity index (χ2v) is 6.29. The first-order valence-corrected chi connectivity index (χ1v) is 8.04. The molecule has 0 saturated heterocycles. The summed E-state index contributed by atoms with van der Waals surface area (Å²) >= 11 is 1.46. The lowest BCUT2D eigenvalue weighted by Gasteiger charge is -2.19. The van der Waals surface area contributed by atoms with E-state index in [2.05, 4.69) is 15.3 Å². The van der Waals surface area contributed by atoms with Crippen LogP contribution in [0.3, 0.4) is 0 Å². The summed E-state index contributed by atoms with van der Waals surface area (Å²) < 4.78 is 5.15. The Balaban J connectivity index is 2.43. The molecule has 0 aliphatic rings. The van der Waals surface area contributed by atoms with Crippen LogP contribution in [0, 0.1) is 0 Å². The Morgan fingerprint density at radius 2 is 2.19 bits per heavy atom. The summed E-state index contributed by atoms with van der Waals surface area (Å²) in [5.41, 5.74) is 1.06. The molecule has 0 radical (unpaired) electrons. The summed E-state index contributed by atoms with van der Waals surface area (Å²) in [5.74, 6) is 0. The summed E-state index contributed by atoms with van der Waals surface area (Å²) in [6, 6.07) is 0. The van der Waals surface area contributed by atoms with Gasteiger partial charge in [-0.1, -0.05) is 11.8 Å². The van der Waals surface area contributed by atoms with Gasteiger partial charge >= 0.3 is 6.09 Å². The van der Waals surface area contributed by atoms with Crippen LogP contribution in [-0.2, 0) is 17.8 Å². The Labute approximate surface area is 129 Å². The molecule has 2 N–H and O–H groups in total. The number of ether oxygens (including phenoxy) is 1. The van der Waals surface area contributed by atoms with E-state index in [9.17, 15) is 9.90 Å². The summed E-state index contributed by atoms with van der Waals surface area (Å²) in [6.07, 6.45) is 4.52. The van der Waals surface area contributed by atoms with Gasteiger partial charge in [-0.25, -0.2) is 14.8 Å². The Morgan fingerprint density at radius 3 is 2.76 bits per heavy atom. The van der Waals surface area contributed by atoms with Crippen molar-refractivity contribution in [3.05, 3.63) is 17.5 Å².